The van der Waals surface area contributed by atoms with Gasteiger partial charge in [-0.05, 0) is 37.6 Å². The Hall–Kier alpha value is -0.910. The van der Waals surface area contributed by atoms with Gasteiger partial charge in [0.1, 0.15) is 0 Å². The summed E-state index contributed by atoms with van der Waals surface area (Å²) in [4.78, 5) is 0.384. The Bertz CT molecular complexity index is 463. The SMILES string of the molecule is CCCN(CCC)S(=O)(=O)c1ccc(CNC)cc1. The first-order valence-corrected chi connectivity index (χ1v) is 8.24. The van der Waals surface area contributed by atoms with E-state index < -0.39 is 10.0 Å². The molecule has 0 spiro atoms. The van der Waals surface area contributed by atoms with Crippen LogP contribution in [0.1, 0.15) is 32.3 Å². The fraction of sp³-hybridized carbons (Fsp3) is 0.571. The van der Waals surface area contributed by atoms with Crippen molar-refractivity contribution in [3.63, 3.8) is 0 Å². The molecule has 0 saturated heterocycles. The number of hydrogen-bond donors (Lipinski definition) is 1. The Morgan fingerprint density at radius 3 is 2.00 bits per heavy atom. The van der Waals surface area contributed by atoms with Gasteiger partial charge in [0, 0.05) is 19.6 Å². The molecular formula is C14H24N2O2S. The van der Waals surface area contributed by atoms with Crippen LogP contribution >= 0.6 is 0 Å². The summed E-state index contributed by atoms with van der Waals surface area (Å²) in [7, 11) is -1.47. The van der Waals surface area contributed by atoms with E-state index in [2.05, 4.69) is 5.32 Å². The second kappa shape index (κ2) is 7.62. The lowest BCUT2D eigenvalue weighted by atomic mass is 10.2. The van der Waals surface area contributed by atoms with Gasteiger partial charge in [0.25, 0.3) is 0 Å². The van der Waals surface area contributed by atoms with Crippen molar-refractivity contribution in [2.75, 3.05) is 20.1 Å². The zero-order valence-electron chi connectivity index (χ0n) is 12.0. The second-order valence-electron chi connectivity index (χ2n) is 4.58. The van der Waals surface area contributed by atoms with E-state index in [0.29, 0.717) is 18.0 Å². The first-order valence-electron chi connectivity index (χ1n) is 6.80. The molecule has 0 fully saturated rings. The minimum atomic E-state index is -3.34. The van der Waals surface area contributed by atoms with Crippen molar-refractivity contribution in [3.8, 4) is 0 Å². The molecule has 1 aromatic rings. The first-order chi connectivity index (χ1) is 9.06. The van der Waals surface area contributed by atoms with Gasteiger partial charge >= 0.3 is 0 Å². The Labute approximate surface area is 116 Å². The maximum absolute atomic E-state index is 12.5. The minimum absolute atomic E-state index is 0.384. The molecule has 0 saturated carbocycles. The van der Waals surface area contributed by atoms with Crippen molar-refractivity contribution in [3.05, 3.63) is 29.8 Å². The molecule has 0 atom stereocenters. The zero-order valence-corrected chi connectivity index (χ0v) is 12.8. The molecule has 19 heavy (non-hydrogen) atoms. The average Bonchev–Trinajstić information content (AvgIpc) is 2.39. The second-order valence-corrected chi connectivity index (χ2v) is 6.52. The lowest BCUT2D eigenvalue weighted by molar-refractivity contribution is 0.410. The van der Waals surface area contributed by atoms with Crippen molar-refractivity contribution in [1.29, 1.82) is 0 Å². The highest BCUT2D eigenvalue weighted by Gasteiger charge is 2.22. The average molecular weight is 284 g/mol. The maximum Gasteiger partial charge on any atom is 0.243 e. The standard InChI is InChI=1S/C14H24N2O2S/c1-4-10-16(11-5-2)19(17,18)14-8-6-13(7-9-14)12-15-3/h6-9,15H,4-5,10-12H2,1-3H3. The number of hydrogen-bond acceptors (Lipinski definition) is 3. The molecule has 0 unspecified atom stereocenters. The van der Waals surface area contributed by atoms with Gasteiger partial charge in [0.15, 0.2) is 0 Å². The maximum atomic E-state index is 12.5. The third-order valence-electron chi connectivity index (χ3n) is 2.89. The fourth-order valence-corrected chi connectivity index (χ4v) is 3.61. The molecule has 0 bridgehead atoms. The highest BCUT2D eigenvalue weighted by Crippen LogP contribution is 2.17. The molecule has 0 heterocycles. The highest BCUT2D eigenvalue weighted by atomic mass is 32.2. The molecule has 5 heteroatoms. The summed E-state index contributed by atoms with van der Waals surface area (Å²) in [6.07, 6.45) is 1.66. The molecule has 0 aliphatic rings. The predicted molar refractivity (Wildman–Crippen MR) is 78.5 cm³/mol. The molecule has 1 aromatic carbocycles. The lowest BCUT2D eigenvalue weighted by Crippen LogP contribution is -2.32. The topological polar surface area (TPSA) is 49.4 Å². The van der Waals surface area contributed by atoms with Crippen LogP contribution in [0, 0.1) is 0 Å². The summed E-state index contributed by atoms with van der Waals surface area (Å²) < 4.78 is 26.6. The van der Waals surface area contributed by atoms with Crippen molar-refractivity contribution in [1.82, 2.24) is 9.62 Å². The monoisotopic (exact) mass is 284 g/mol. The molecule has 0 aliphatic carbocycles. The normalized spacial score (nSPS) is 12.0. The molecule has 0 radical (unpaired) electrons. The zero-order chi connectivity index (χ0) is 14.3. The van der Waals surface area contributed by atoms with Crippen LogP contribution in [-0.2, 0) is 16.6 Å². The van der Waals surface area contributed by atoms with Gasteiger partial charge in [-0.15, -0.1) is 0 Å². The molecule has 0 amide bonds. The Morgan fingerprint density at radius 1 is 1.05 bits per heavy atom. The summed E-state index contributed by atoms with van der Waals surface area (Å²) in [5, 5.41) is 3.05. The summed E-state index contributed by atoms with van der Waals surface area (Å²) in [5.74, 6) is 0. The van der Waals surface area contributed by atoms with Crippen molar-refractivity contribution >= 4 is 10.0 Å². The van der Waals surface area contributed by atoms with Crippen LogP contribution in [0.25, 0.3) is 0 Å². The van der Waals surface area contributed by atoms with Crippen LogP contribution < -0.4 is 5.32 Å². The molecule has 1 rings (SSSR count). The van der Waals surface area contributed by atoms with Gasteiger partial charge in [0.2, 0.25) is 10.0 Å². The van der Waals surface area contributed by atoms with Crippen molar-refractivity contribution < 1.29 is 8.42 Å². The van der Waals surface area contributed by atoms with Gasteiger partial charge in [0.05, 0.1) is 4.90 Å². The van der Waals surface area contributed by atoms with Crippen LogP contribution in [0.3, 0.4) is 0 Å². The van der Waals surface area contributed by atoms with E-state index in [-0.39, 0.29) is 0 Å². The molecule has 0 aromatic heterocycles. The number of rotatable bonds is 8. The van der Waals surface area contributed by atoms with Gasteiger partial charge in [-0.2, -0.15) is 4.31 Å². The van der Waals surface area contributed by atoms with E-state index in [1.165, 1.54) is 0 Å². The van der Waals surface area contributed by atoms with Gasteiger partial charge < -0.3 is 5.32 Å². The fourth-order valence-electron chi connectivity index (χ4n) is 1.98. The van der Waals surface area contributed by atoms with Crippen molar-refractivity contribution in [2.45, 2.75) is 38.1 Å². The largest absolute Gasteiger partial charge is 0.316 e. The third-order valence-corrected chi connectivity index (χ3v) is 4.80. The Kier molecular flexibility index (Phi) is 6.48. The lowest BCUT2D eigenvalue weighted by Gasteiger charge is -2.21. The van der Waals surface area contributed by atoms with Crippen LogP contribution in [-0.4, -0.2) is 32.9 Å². The summed E-state index contributed by atoms with van der Waals surface area (Å²) in [6, 6.07) is 7.11. The van der Waals surface area contributed by atoms with Gasteiger partial charge in [-0.1, -0.05) is 26.0 Å². The molecule has 4 nitrogen and oxygen atoms in total. The third kappa shape index (κ3) is 4.30. The van der Waals surface area contributed by atoms with Gasteiger partial charge in [-0.25, -0.2) is 8.42 Å². The van der Waals surface area contributed by atoms with E-state index in [4.69, 9.17) is 0 Å². The first kappa shape index (κ1) is 16.1. The number of nitrogens with one attached hydrogen (secondary N) is 1. The smallest absolute Gasteiger partial charge is 0.243 e. The molecule has 108 valence electrons. The van der Waals surface area contributed by atoms with Crippen LogP contribution in [0.4, 0.5) is 0 Å². The Balaban J connectivity index is 2.96. The molecule has 1 N–H and O–H groups in total. The van der Waals surface area contributed by atoms with E-state index in [9.17, 15) is 8.42 Å². The summed E-state index contributed by atoms with van der Waals surface area (Å²) in [5.41, 5.74) is 1.08. The summed E-state index contributed by atoms with van der Waals surface area (Å²) in [6.45, 7) is 5.89. The highest BCUT2D eigenvalue weighted by molar-refractivity contribution is 7.89. The molecular weight excluding hydrogens is 260 g/mol. The van der Waals surface area contributed by atoms with Crippen LogP contribution in [0.15, 0.2) is 29.2 Å². The number of nitrogens with zero attached hydrogens (tertiary/aromatic N) is 1. The van der Waals surface area contributed by atoms with Crippen LogP contribution in [0.2, 0.25) is 0 Å². The van der Waals surface area contributed by atoms with E-state index >= 15 is 0 Å². The number of benzene rings is 1. The minimum Gasteiger partial charge on any atom is -0.316 e. The summed E-state index contributed by atoms with van der Waals surface area (Å²) >= 11 is 0. The predicted octanol–water partition coefficient (Wildman–Crippen LogP) is 2.22. The molecule has 0 aliphatic heterocycles. The van der Waals surface area contributed by atoms with Crippen molar-refractivity contribution in [2.24, 2.45) is 0 Å². The quantitative estimate of drug-likeness (QED) is 0.796. The van der Waals surface area contributed by atoms with E-state index in [0.717, 1.165) is 24.9 Å². The van der Waals surface area contributed by atoms with E-state index in [1.807, 2.05) is 33.0 Å². The number of sulfonamides is 1. The van der Waals surface area contributed by atoms with Crippen LogP contribution in [0.5, 0.6) is 0 Å². The Morgan fingerprint density at radius 2 is 1.58 bits per heavy atom. The van der Waals surface area contributed by atoms with Gasteiger partial charge in [-0.3, -0.25) is 0 Å². The van der Waals surface area contributed by atoms with E-state index in [1.54, 1.807) is 16.4 Å².